The van der Waals surface area contributed by atoms with Crippen LogP contribution in [0.15, 0.2) is 23.3 Å². The molecule has 0 bridgehead atoms. The molecule has 7 heteroatoms. The second kappa shape index (κ2) is 4.83. The van der Waals surface area contributed by atoms with E-state index in [-0.39, 0.29) is 11.2 Å². The number of carbonyl (C=O) groups is 1. The summed E-state index contributed by atoms with van der Waals surface area (Å²) in [5.41, 5.74) is 1.06. The van der Waals surface area contributed by atoms with Gasteiger partial charge in [-0.15, -0.1) is 0 Å². The van der Waals surface area contributed by atoms with Crippen LogP contribution in [-0.2, 0) is 11.0 Å². The van der Waals surface area contributed by atoms with Crippen molar-refractivity contribution in [3.63, 3.8) is 0 Å². The van der Waals surface area contributed by atoms with E-state index in [1.54, 1.807) is 0 Å². The van der Waals surface area contributed by atoms with Crippen molar-refractivity contribution in [2.75, 3.05) is 5.43 Å². The Labute approximate surface area is 90.8 Å². The first-order chi connectivity index (χ1) is 7.45. The number of hydrogen-bond donors (Lipinski definition) is 1. The second-order valence-electron chi connectivity index (χ2n) is 2.83. The summed E-state index contributed by atoms with van der Waals surface area (Å²) >= 11 is 0. The lowest BCUT2D eigenvalue weighted by Gasteiger charge is -2.12. The third kappa shape index (κ3) is 3.11. The molecule has 2 radical (unpaired) electrons. The Kier molecular flexibility index (Phi) is 3.70. The maximum absolute atomic E-state index is 12.5. The molecule has 1 aromatic rings. The van der Waals surface area contributed by atoms with Crippen LogP contribution in [-0.4, -0.2) is 20.3 Å². The monoisotopic (exact) mass is 226 g/mol. The zero-order valence-electron chi connectivity index (χ0n) is 7.95. The maximum atomic E-state index is 12.5. The van der Waals surface area contributed by atoms with Crippen LogP contribution in [0.4, 0.5) is 18.9 Å². The lowest BCUT2D eigenvalue weighted by atomic mass is 9.94. The van der Waals surface area contributed by atoms with E-state index >= 15 is 0 Å². The Bertz CT molecular complexity index is 418. The van der Waals surface area contributed by atoms with Crippen LogP contribution < -0.4 is 10.9 Å². The van der Waals surface area contributed by atoms with E-state index in [1.807, 2.05) is 0 Å². The second-order valence-corrected chi connectivity index (χ2v) is 2.83. The molecule has 0 aliphatic carbocycles. The predicted molar refractivity (Wildman–Crippen MR) is 55.0 cm³/mol. The first-order valence-electron chi connectivity index (χ1n) is 4.14. The first kappa shape index (κ1) is 12.3. The fourth-order valence-electron chi connectivity index (χ4n) is 1.04. The number of hydrazone groups is 1. The largest absolute Gasteiger partial charge is 0.418 e. The smallest absolute Gasteiger partial charge is 0.297 e. The first-order valence-corrected chi connectivity index (χ1v) is 4.14. The molecule has 0 aliphatic rings. The third-order valence-corrected chi connectivity index (χ3v) is 1.67. The summed E-state index contributed by atoms with van der Waals surface area (Å²) in [7, 11) is 5.35. The Balaban J connectivity index is 3.08. The van der Waals surface area contributed by atoms with Gasteiger partial charge < -0.3 is 0 Å². The Morgan fingerprint density at radius 3 is 2.62 bits per heavy atom. The van der Waals surface area contributed by atoms with Gasteiger partial charge in [-0.05, 0) is 12.1 Å². The van der Waals surface area contributed by atoms with Crippen molar-refractivity contribution in [1.82, 2.24) is 0 Å². The van der Waals surface area contributed by atoms with Gasteiger partial charge >= 0.3 is 6.18 Å². The summed E-state index contributed by atoms with van der Waals surface area (Å²) in [6.07, 6.45) is -3.37. The molecule has 1 aromatic carbocycles. The van der Waals surface area contributed by atoms with Gasteiger partial charge in [-0.25, -0.2) is 0 Å². The molecule has 0 saturated carbocycles. The van der Waals surface area contributed by atoms with Crippen molar-refractivity contribution in [3.05, 3.63) is 23.8 Å². The molecule has 0 aliphatic heterocycles. The van der Waals surface area contributed by atoms with Crippen molar-refractivity contribution in [1.29, 1.82) is 0 Å². The van der Waals surface area contributed by atoms with Gasteiger partial charge in [0.15, 0.2) is 6.29 Å². The van der Waals surface area contributed by atoms with Gasteiger partial charge in [0.2, 0.25) is 0 Å². The van der Waals surface area contributed by atoms with E-state index in [1.165, 1.54) is 0 Å². The lowest BCUT2D eigenvalue weighted by Crippen LogP contribution is -2.12. The lowest BCUT2D eigenvalue weighted by molar-refractivity contribution is -0.136. The fraction of sp³-hybridized carbons (Fsp3) is 0.111. The molecule has 0 amide bonds. The molecule has 0 heterocycles. The van der Waals surface area contributed by atoms with Crippen molar-refractivity contribution in [2.45, 2.75) is 6.18 Å². The van der Waals surface area contributed by atoms with Crippen LogP contribution in [0.2, 0.25) is 0 Å². The average molecular weight is 226 g/mol. The molecule has 0 unspecified atom stereocenters. The summed E-state index contributed by atoms with van der Waals surface area (Å²) in [5.74, 6) is 0. The van der Waals surface area contributed by atoms with Crippen molar-refractivity contribution in [2.24, 2.45) is 5.10 Å². The third-order valence-electron chi connectivity index (χ3n) is 1.67. The van der Waals surface area contributed by atoms with E-state index in [2.05, 4.69) is 10.5 Å². The fourth-order valence-corrected chi connectivity index (χ4v) is 1.04. The maximum Gasteiger partial charge on any atom is 0.418 e. The zero-order valence-corrected chi connectivity index (χ0v) is 7.95. The normalized spacial score (nSPS) is 11.7. The van der Waals surface area contributed by atoms with E-state index in [4.69, 9.17) is 7.85 Å². The molecule has 1 N–H and O–H groups in total. The number of halogens is 3. The van der Waals surface area contributed by atoms with Crippen molar-refractivity contribution >= 4 is 31.5 Å². The molecule has 0 aromatic heterocycles. The van der Waals surface area contributed by atoms with E-state index in [9.17, 15) is 18.0 Å². The minimum Gasteiger partial charge on any atom is -0.297 e. The van der Waals surface area contributed by atoms with Crippen LogP contribution in [0.3, 0.4) is 0 Å². The highest BCUT2D eigenvalue weighted by atomic mass is 19.4. The number of nitrogens with zero attached hydrogens (tertiary/aromatic N) is 1. The molecule has 0 fully saturated rings. The molecule has 3 nitrogen and oxygen atoms in total. The zero-order chi connectivity index (χ0) is 12.2. The molecule has 82 valence electrons. The summed E-state index contributed by atoms with van der Waals surface area (Å²) in [6.45, 7) is 0. The SMILES string of the molecule is [B]c1ccc(C(F)(F)F)c(N/N=C/C=O)c1. The Morgan fingerprint density at radius 1 is 1.38 bits per heavy atom. The van der Waals surface area contributed by atoms with Gasteiger partial charge in [0.25, 0.3) is 0 Å². The van der Waals surface area contributed by atoms with Crippen LogP contribution in [0, 0.1) is 0 Å². The number of anilines is 1. The molecule has 1 rings (SSSR count). The molecule has 16 heavy (non-hydrogen) atoms. The summed E-state index contributed by atoms with van der Waals surface area (Å²) in [5, 5.41) is 3.28. The van der Waals surface area contributed by atoms with E-state index in [0.29, 0.717) is 6.29 Å². The standard InChI is InChI=1S/C9H6BF3N2O/c10-6-1-2-7(9(11,12)13)8(5-6)15-14-3-4-16/h1-5,15H/b14-3+. The number of carbonyl (C=O) groups excluding carboxylic acids is 1. The Hall–Kier alpha value is -1.79. The van der Waals surface area contributed by atoms with Gasteiger partial charge in [0, 0.05) is 0 Å². The molecular formula is C9H6BF3N2O. The highest BCUT2D eigenvalue weighted by Crippen LogP contribution is 2.33. The van der Waals surface area contributed by atoms with E-state index in [0.717, 1.165) is 24.4 Å². The van der Waals surface area contributed by atoms with Gasteiger partial charge in [0.1, 0.15) is 7.85 Å². The van der Waals surface area contributed by atoms with Gasteiger partial charge in [-0.1, -0.05) is 11.5 Å². The van der Waals surface area contributed by atoms with Crippen LogP contribution >= 0.6 is 0 Å². The summed E-state index contributed by atoms with van der Waals surface area (Å²) in [6, 6.07) is 3.07. The topological polar surface area (TPSA) is 41.5 Å². The van der Waals surface area contributed by atoms with Crippen LogP contribution in [0.5, 0.6) is 0 Å². The number of rotatable bonds is 3. The molecule has 0 saturated heterocycles. The number of nitrogens with one attached hydrogen (secondary N) is 1. The number of benzene rings is 1. The van der Waals surface area contributed by atoms with E-state index < -0.39 is 11.7 Å². The highest BCUT2D eigenvalue weighted by molar-refractivity contribution is 6.32. The van der Waals surface area contributed by atoms with Gasteiger partial charge in [-0.2, -0.15) is 18.3 Å². The summed E-state index contributed by atoms with van der Waals surface area (Å²) in [4.78, 5) is 9.91. The quantitative estimate of drug-likeness (QED) is 0.362. The molecular weight excluding hydrogens is 220 g/mol. The van der Waals surface area contributed by atoms with Crippen molar-refractivity contribution in [3.8, 4) is 0 Å². The van der Waals surface area contributed by atoms with Gasteiger partial charge in [0.05, 0.1) is 17.5 Å². The minimum atomic E-state index is -4.51. The number of alkyl halides is 3. The highest BCUT2D eigenvalue weighted by Gasteiger charge is 2.33. The Morgan fingerprint density at radius 2 is 2.06 bits per heavy atom. The summed E-state index contributed by atoms with van der Waals surface area (Å²) < 4.78 is 37.5. The predicted octanol–water partition coefficient (Wildman–Crippen LogP) is 1.10. The van der Waals surface area contributed by atoms with Crippen molar-refractivity contribution < 1.29 is 18.0 Å². The molecule has 0 spiro atoms. The number of aldehydes is 1. The minimum absolute atomic E-state index is 0.164. The van der Waals surface area contributed by atoms with Gasteiger partial charge in [-0.3, -0.25) is 10.2 Å². The van der Waals surface area contributed by atoms with Crippen LogP contribution in [0.25, 0.3) is 0 Å². The molecule has 0 atom stereocenters. The van der Waals surface area contributed by atoms with Crippen LogP contribution in [0.1, 0.15) is 5.56 Å². The number of hydrogen-bond acceptors (Lipinski definition) is 3. The average Bonchev–Trinajstić information content (AvgIpc) is 2.16.